The molecule has 0 aliphatic heterocycles. The Morgan fingerprint density at radius 2 is 2.00 bits per heavy atom. The Balaban J connectivity index is 2.03. The summed E-state index contributed by atoms with van der Waals surface area (Å²) >= 11 is 0. The molecule has 1 aromatic heterocycles. The summed E-state index contributed by atoms with van der Waals surface area (Å²) in [5.41, 5.74) is 3.23. The molecular weight excluding hydrogens is 226 g/mol. The third kappa shape index (κ3) is 1.81. The zero-order valence-electron chi connectivity index (χ0n) is 11.0. The number of ketones is 1. The van der Waals surface area contributed by atoms with Crippen LogP contribution in [0.25, 0.3) is 0 Å². The Kier molecular flexibility index (Phi) is 3.02. The lowest BCUT2D eigenvalue weighted by molar-refractivity contribution is 0.0728. The van der Waals surface area contributed by atoms with Crippen molar-refractivity contribution in [2.45, 2.75) is 64.0 Å². The third-order valence-corrected chi connectivity index (χ3v) is 4.48. The van der Waals surface area contributed by atoms with E-state index < -0.39 is 0 Å². The Bertz CT molecular complexity index is 475. The van der Waals surface area contributed by atoms with E-state index in [1.807, 2.05) is 6.07 Å². The quantitative estimate of drug-likeness (QED) is 0.829. The number of nitrogens with zero attached hydrogens (tertiary/aromatic N) is 1. The minimum Gasteiger partial charge on any atom is -0.391 e. The van der Waals surface area contributed by atoms with E-state index in [1.165, 1.54) is 12.1 Å². The maximum atomic E-state index is 11.9. The molecule has 1 saturated carbocycles. The van der Waals surface area contributed by atoms with E-state index in [0.29, 0.717) is 6.42 Å². The van der Waals surface area contributed by atoms with Gasteiger partial charge in [-0.25, -0.2) is 0 Å². The maximum absolute atomic E-state index is 11.9. The number of aromatic nitrogens is 1. The molecule has 1 aromatic rings. The minimum atomic E-state index is -0.244. The van der Waals surface area contributed by atoms with E-state index >= 15 is 0 Å². The highest BCUT2D eigenvalue weighted by Crippen LogP contribution is 2.35. The van der Waals surface area contributed by atoms with Crippen LogP contribution in [0.4, 0.5) is 0 Å². The van der Waals surface area contributed by atoms with Crippen molar-refractivity contribution < 1.29 is 9.90 Å². The number of aliphatic hydroxyl groups excluding tert-OH is 1. The first-order valence-corrected chi connectivity index (χ1v) is 7.10. The zero-order valence-corrected chi connectivity index (χ0v) is 11.0. The van der Waals surface area contributed by atoms with Crippen molar-refractivity contribution in [2.75, 3.05) is 0 Å². The summed E-state index contributed by atoms with van der Waals surface area (Å²) in [6.07, 6.45) is 6.62. The van der Waals surface area contributed by atoms with E-state index in [2.05, 4.69) is 11.5 Å². The van der Waals surface area contributed by atoms with E-state index in [0.717, 1.165) is 43.4 Å². The summed E-state index contributed by atoms with van der Waals surface area (Å²) in [6.45, 7) is 2.06. The molecule has 0 saturated heterocycles. The lowest BCUT2D eigenvalue weighted by Gasteiger charge is -2.32. The minimum absolute atomic E-state index is 0.188. The Labute approximate surface area is 108 Å². The lowest BCUT2D eigenvalue weighted by Crippen LogP contribution is -2.30. The second-order valence-corrected chi connectivity index (χ2v) is 5.71. The highest BCUT2D eigenvalue weighted by atomic mass is 16.3. The number of fused-ring (bicyclic) bond motifs is 1. The zero-order chi connectivity index (χ0) is 12.7. The van der Waals surface area contributed by atoms with E-state index in [-0.39, 0.29) is 17.9 Å². The van der Waals surface area contributed by atoms with Crippen LogP contribution in [-0.4, -0.2) is 21.6 Å². The van der Waals surface area contributed by atoms with Crippen LogP contribution in [0, 0.1) is 6.92 Å². The molecule has 18 heavy (non-hydrogen) atoms. The van der Waals surface area contributed by atoms with Crippen LogP contribution in [0.1, 0.15) is 66.3 Å². The molecule has 3 rings (SSSR count). The monoisotopic (exact) mass is 247 g/mol. The molecule has 1 heterocycles. The highest BCUT2D eigenvalue weighted by Gasteiger charge is 2.30. The van der Waals surface area contributed by atoms with Crippen LogP contribution in [0.5, 0.6) is 0 Å². The fourth-order valence-corrected chi connectivity index (χ4v) is 3.61. The second kappa shape index (κ2) is 4.54. The molecule has 3 heteroatoms. The number of hydrogen-bond donors (Lipinski definition) is 1. The number of carbonyl (C=O) groups excluding carboxylic acids is 1. The van der Waals surface area contributed by atoms with E-state index in [4.69, 9.17) is 0 Å². The van der Waals surface area contributed by atoms with Crippen molar-refractivity contribution in [2.24, 2.45) is 0 Å². The van der Waals surface area contributed by atoms with Crippen LogP contribution in [0.2, 0.25) is 0 Å². The maximum Gasteiger partial charge on any atom is 0.164 e. The van der Waals surface area contributed by atoms with Gasteiger partial charge in [0.2, 0.25) is 0 Å². The van der Waals surface area contributed by atoms with E-state index in [1.54, 1.807) is 0 Å². The van der Waals surface area contributed by atoms with Gasteiger partial charge in [-0.15, -0.1) is 0 Å². The topological polar surface area (TPSA) is 42.2 Å². The van der Waals surface area contributed by atoms with Gasteiger partial charge in [-0.1, -0.05) is 12.8 Å². The molecule has 0 spiro atoms. The predicted molar refractivity (Wildman–Crippen MR) is 69.9 cm³/mol. The van der Waals surface area contributed by atoms with Gasteiger partial charge in [0.05, 0.1) is 12.1 Å². The third-order valence-electron chi connectivity index (χ3n) is 4.48. The first-order chi connectivity index (χ1) is 8.68. The fraction of sp³-hybridized carbons (Fsp3) is 0.667. The van der Waals surface area contributed by atoms with Gasteiger partial charge in [0.25, 0.3) is 0 Å². The van der Waals surface area contributed by atoms with Gasteiger partial charge in [-0.2, -0.15) is 0 Å². The molecule has 2 atom stereocenters. The molecule has 2 unspecified atom stereocenters. The summed E-state index contributed by atoms with van der Waals surface area (Å²) in [5.74, 6) is 0.281. The van der Waals surface area contributed by atoms with Crippen molar-refractivity contribution in [1.82, 2.24) is 4.57 Å². The summed E-state index contributed by atoms with van der Waals surface area (Å²) in [6, 6.07) is 2.21. The highest BCUT2D eigenvalue weighted by molar-refractivity contribution is 5.98. The van der Waals surface area contributed by atoms with Crippen molar-refractivity contribution in [3.8, 4) is 0 Å². The van der Waals surface area contributed by atoms with Crippen molar-refractivity contribution in [3.05, 3.63) is 23.0 Å². The van der Waals surface area contributed by atoms with Crippen LogP contribution >= 0.6 is 0 Å². The van der Waals surface area contributed by atoms with Crippen LogP contribution in [0.3, 0.4) is 0 Å². The van der Waals surface area contributed by atoms with Gasteiger partial charge < -0.3 is 9.67 Å². The molecule has 2 aliphatic carbocycles. The average Bonchev–Trinajstić information content (AvgIpc) is 2.68. The van der Waals surface area contributed by atoms with Crippen LogP contribution < -0.4 is 0 Å². The van der Waals surface area contributed by atoms with Crippen molar-refractivity contribution >= 4 is 5.78 Å². The molecular formula is C15H21NO2. The Morgan fingerprint density at radius 1 is 1.22 bits per heavy atom. The normalized spacial score (nSPS) is 28.2. The summed E-state index contributed by atoms with van der Waals surface area (Å²) in [4.78, 5) is 11.9. The van der Waals surface area contributed by atoms with Gasteiger partial charge >= 0.3 is 0 Å². The predicted octanol–water partition coefficient (Wildman–Crippen LogP) is 2.79. The lowest BCUT2D eigenvalue weighted by atomic mass is 9.91. The number of rotatable bonds is 1. The summed E-state index contributed by atoms with van der Waals surface area (Å²) < 4.78 is 2.26. The standard InChI is InChI=1S/C15H21NO2/c1-10-9-11-12(6-4-8-14(11)17)16(10)13-5-2-3-7-15(13)18/h9,13,15,18H,2-8H2,1H3. The van der Waals surface area contributed by atoms with Crippen LogP contribution in [0.15, 0.2) is 6.07 Å². The number of hydrogen-bond acceptors (Lipinski definition) is 2. The molecule has 2 aliphatic rings. The summed E-state index contributed by atoms with van der Waals surface area (Å²) in [7, 11) is 0. The van der Waals surface area contributed by atoms with Gasteiger partial charge in [-0.05, 0) is 38.7 Å². The van der Waals surface area contributed by atoms with Gasteiger partial charge in [-0.3, -0.25) is 4.79 Å². The number of Topliss-reactive ketones (excluding diaryl/α,β-unsaturated/α-hetero) is 1. The molecule has 0 amide bonds. The molecule has 1 N–H and O–H groups in total. The van der Waals surface area contributed by atoms with Gasteiger partial charge in [0.1, 0.15) is 0 Å². The molecule has 0 bridgehead atoms. The fourth-order valence-electron chi connectivity index (χ4n) is 3.61. The smallest absolute Gasteiger partial charge is 0.164 e. The van der Waals surface area contributed by atoms with Gasteiger partial charge in [0.15, 0.2) is 5.78 Å². The Hall–Kier alpha value is -1.09. The molecule has 0 aromatic carbocycles. The number of aliphatic hydroxyl groups is 1. The first kappa shape index (κ1) is 12.0. The van der Waals surface area contributed by atoms with Crippen molar-refractivity contribution in [1.29, 1.82) is 0 Å². The molecule has 98 valence electrons. The average molecular weight is 247 g/mol. The van der Waals surface area contributed by atoms with Crippen molar-refractivity contribution in [3.63, 3.8) is 0 Å². The SMILES string of the molecule is Cc1cc2c(n1C1CCCCC1O)CCCC2=O. The molecule has 1 fully saturated rings. The number of carbonyl (C=O) groups is 1. The Morgan fingerprint density at radius 3 is 2.78 bits per heavy atom. The van der Waals surface area contributed by atoms with Crippen LogP contribution in [-0.2, 0) is 6.42 Å². The van der Waals surface area contributed by atoms with Gasteiger partial charge in [0, 0.05) is 23.4 Å². The summed E-state index contributed by atoms with van der Waals surface area (Å²) in [5, 5.41) is 10.2. The molecule has 3 nitrogen and oxygen atoms in total. The molecule has 0 radical (unpaired) electrons. The largest absolute Gasteiger partial charge is 0.391 e. The number of aryl methyl sites for hydroxylation is 1. The van der Waals surface area contributed by atoms with E-state index in [9.17, 15) is 9.90 Å². The first-order valence-electron chi connectivity index (χ1n) is 7.10. The second-order valence-electron chi connectivity index (χ2n) is 5.71.